The minimum atomic E-state index is -4.36. The maximum atomic E-state index is 13.1. The zero-order chi connectivity index (χ0) is 14.9. The highest BCUT2D eigenvalue weighted by Crippen LogP contribution is 2.40. The Morgan fingerprint density at radius 3 is 2.40 bits per heavy atom. The summed E-state index contributed by atoms with van der Waals surface area (Å²) in [5, 5.41) is 0.452. The molecule has 0 aliphatic carbocycles. The minimum Gasteiger partial charge on any atom is -0.241 e. The Morgan fingerprint density at radius 1 is 1.25 bits per heavy atom. The first-order valence-electron chi connectivity index (χ1n) is 6.06. The van der Waals surface area contributed by atoms with Gasteiger partial charge in [-0.05, 0) is 12.0 Å². The van der Waals surface area contributed by atoms with Crippen LogP contribution in [0.3, 0.4) is 0 Å². The molecule has 20 heavy (non-hydrogen) atoms. The van der Waals surface area contributed by atoms with Crippen molar-refractivity contribution in [1.82, 2.24) is 4.98 Å². The maximum Gasteiger partial charge on any atom is 0.417 e. The molecule has 0 unspecified atom stereocenters. The minimum absolute atomic E-state index is 0.169. The first-order valence-corrected chi connectivity index (χ1v) is 8.41. The number of benzene rings is 1. The van der Waals surface area contributed by atoms with Gasteiger partial charge in [-0.2, -0.15) is 13.2 Å². The smallest absolute Gasteiger partial charge is 0.241 e. The molecule has 1 aromatic carbocycles. The van der Waals surface area contributed by atoms with Crippen LogP contribution in [0.5, 0.6) is 0 Å². The summed E-state index contributed by atoms with van der Waals surface area (Å²) in [7, 11) is 0. The van der Waals surface area contributed by atoms with Crippen LogP contribution in [0.4, 0.5) is 13.2 Å². The van der Waals surface area contributed by atoms with E-state index in [1.54, 1.807) is 6.07 Å². The molecule has 0 aliphatic heterocycles. The zero-order valence-electron chi connectivity index (χ0n) is 11.0. The Morgan fingerprint density at radius 2 is 1.90 bits per heavy atom. The van der Waals surface area contributed by atoms with Crippen LogP contribution in [-0.2, 0) is 10.6 Å². The summed E-state index contributed by atoms with van der Waals surface area (Å²) >= 11 is 3.57. The molecule has 2 rings (SSSR count). The topological polar surface area (TPSA) is 12.9 Å². The molecule has 1 heterocycles. The van der Waals surface area contributed by atoms with Crippen molar-refractivity contribution in [3.63, 3.8) is 0 Å². The van der Waals surface area contributed by atoms with Gasteiger partial charge in [0.15, 0.2) is 0 Å². The van der Waals surface area contributed by atoms with Gasteiger partial charge >= 0.3 is 6.18 Å². The summed E-state index contributed by atoms with van der Waals surface area (Å²) in [6.07, 6.45) is -4.36. The Labute approximate surface area is 133 Å². The molecule has 1 nitrogen and oxygen atoms in total. The van der Waals surface area contributed by atoms with Gasteiger partial charge in [-0.25, -0.2) is 4.98 Å². The van der Waals surface area contributed by atoms with E-state index in [0.717, 1.165) is 21.1 Å². The Kier molecular flexibility index (Phi) is 4.73. The number of rotatable bonds is 3. The normalized spacial score (nSPS) is 12.2. The van der Waals surface area contributed by atoms with E-state index in [4.69, 9.17) is 0 Å². The van der Waals surface area contributed by atoms with Crippen molar-refractivity contribution in [2.45, 2.75) is 30.4 Å². The summed E-state index contributed by atoms with van der Waals surface area (Å²) < 4.78 is 39.9. The molecular formula is C14H13F3INS. The fourth-order valence-electron chi connectivity index (χ4n) is 1.94. The third kappa shape index (κ3) is 3.16. The first kappa shape index (κ1) is 15.8. The van der Waals surface area contributed by atoms with E-state index >= 15 is 0 Å². The lowest BCUT2D eigenvalue weighted by Gasteiger charge is -2.10. The quantitative estimate of drug-likeness (QED) is 0.454. The third-order valence-corrected chi connectivity index (χ3v) is 5.24. The molecule has 2 aromatic rings. The van der Waals surface area contributed by atoms with Gasteiger partial charge < -0.3 is 0 Å². The van der Waals surface area contributed by atoms with Crippen LogP contribution in [-0.4, -0.2) is 4.98 Å². The van der Waals surface area contributed by atoms with Crippen molar-refractivity contribution < 1.29 is 13.2 Å². The lowest BCUT2D eigenvalue weighted by molar-refractivity contribution is -0.137. The van der Waals surface area contributed by atoms with E-state index in [0.29, 0.717) is 5.01 Å². The van der Waals surface area contributed by atoms with Crippen molar-refractivity contribution in [1.29, 1.82) is 0 Å². The summed E-state index contributed by atoms with van der Waals surface area (Å²) in [5.74, 6) is 0.211. The van der Waals surface area contributed by atoms with Crippen LogP contribution in [0, 0.1) is 0 Å². The van der Waals surface area contributed by atoms with Gasteiger partial charge in [-0.3, -0.25) is 0 Å². The van der Waals surface area contributed by atoms with E-state index in [-0.39, 0.29) is 11.5 Å². The lowest BCUT2D eigenvalue weighted by atomic mass is 10.1. The molecule has 1 aromatic heterocycles. The molecule has 108 valence electrons. The molecule has 0 bridgehead atoms. The number of alkyl halides is 4. The average Bonchev–Trinajstić information content (AvgIpc) is 2.82. The number of hydrogen-bond acceptors (Lipinski definition) is 2. The van der Waals surface area contributed by atoms with E-state index in [2.05, 4.69) is 27.6 Å². The molecule has 0 atom stereocenters. The fourth-order valence-corrected chi connectivity index (χ4v) is 3.91. The van der Waals surface area contributed by atoms with Crippen molar-refractivity contribution in [2.75, 3.05) is 0 Å². The van der Waals surface area contributed by atoms with E-state index in [1.807, 2.05) is 13.8 Å². The summed E-state index contributed by atoms with van der Waals surface area (Å²) in [5.41, 5.74) is 0.448. The van der Waals surface area contributed by atoms with Crippen LogP contribution >= 0.6 is 33.9 Å². The standard InChI is InChI=1S/C14H13F3INS/c1-8(2)12-11(7-18)20-13(19-12)9-5-3-4-6-10(9)14(15,16)17/h3-6,8H,7H2,1-2H3. The second-order valence-corrected chi connectivity index (χ2v) is 6.51. The van der Waals surface area contributed by atoms with E-state index in [1.165, 1.54) is 23.5 Å². The molecule has 0 N–H and O–H groups in total. The summed E-state index contributed by atoms with van der Waals surface area (Å²) in [6, 6.07) is 5.62. The molecule has 0 saturated heterocycles. The van der Waals surface area contributed by atoms with Crippen LogP contribution in [0.25, 0.3) is 10.6 Å². The van der Waals surface area contributed by atoms with Gasteiger partial charge in [0.25, 0.3) is 0 Å². The monoisotopic (exact) mass is 411 g/mol. The third-order valence-electron chi connectivity index (χ3n) is 2.86. The maximum absolute atomic E-state index is 13.1. The zero-order valence-corrected chi connectivity index (χ0v) is 13.9. The van der Waals surface area contributed by atoms with Gasteiger partial charge in [0.05, 0.1) is 11.3 Å². The molecule has 0 aliphatic rings. The number of aromatic nitrogens is 1. The number of halogens is 4. The second kappa shape index (κ2) is 6.01. The van der Waals surface area contributed by atoms with Gasteiger partial charge in [-0.15, -0.1) is 11.3 Å². The van der Waals surface area contributed by atoms with E-state index < -0.39 is 11.7 Å². The predicted octanol–water partition coefficient (Wildman–Crippen LogP) is 5.89. The average molecular weight is 411 g/mol. The molecular weight excluding hydrogens is 398 g/mol. The second-order valence-electron chi connectivity index (χ2n) is 4.66. The summed E-state index contributed by atoms with van der Waals surface area (Å²) in [4.78, 5) is 5.49. The van der Waals surface area contributed by atoms with Crippen LogP contribution < -0.4 is 0 Å². The largest absolute Gasteiger partial charge is 0.417 e. The van der Waals surface area contributed by atoms with Crippen molar-refractivity contribution >= 4 is 33.9 Å². The Balaban J connectivity index is 2.58. The Hall–Kier alpha value is -0.630. The van der Waals surface area contributed by atoms with Crippen LogP contribution in [0.1, 0.15) is 35.9 Å². The van der Waals surface area contributed by atoms with Crippen LogP contribution in [0.2, 0.25) is 0 Å². The van der Waals surface area contributed by atoms with Crippen LogP contribution in [0.15, 0.2) is 24.3 Å². The molecule has 0 saturated carbocycles. The van der Waals surface area contributed by atoms with Gasteiger partial charge in [0.2, 0.25) is 0 Å². The number of hydrogen-bond donors (Lipinski definition) is 0. The SMILES string of the molecule is CC(C)c1nc(-c2ccccc2C(F)(F)F)sc1CI. The highest BCUT2D eigenvalue weighted by atomic mass is 127. The molecule has 6 heteroatoms. The molecule has 0 spiro atoms. The molecule has 0 amide bonds. The highest BCUT2D eigenvalue weighted by molar-refractivity contribution is 14.1. The van der Waals surface area contributed by atoms with Crippen molar-refractivity contribution in [3.8, 4) is 10.6 Å². The van der Waals surface area contributed by atoms with Crippen molar-refractivity contribution in [3.05, 3.63) is 40.4 Å². The van der Waals surface area contributed by atoms with E-state index in [9.17, 15) is 13.2 Å². The van der Waals surface area contributed by atoms with Gasteiger partial charge in [-0.1, -0.05) is 54.6 Å². The predicted molar refractivity (Wildman–Crippen MR) is 84.4 cm³/mol. The van der Waals surface area contributed by atoms with Gasteiger partial charge in [0.1, 0.15) is 5.01 Å². The number of nitrogens with zero attached hydrogens (tertiary/aromatic N) is 1. The Bertz CT molecular complexity index is 605. The van der Waals surface area contributed by atoms with Crippen molar-refractivity contribution in [2.24, 2.45) is 0 Å². The van der Waals surface area contributed by atoms with Gasteiger partial charge in [0, 0.05) is 14.9 Å². The molecule has 0 radical (unpaired) electrons. The summed E-state index contributed by atoms with van der Waals surface area (Å²) in [6.45, 7) is 4.01. The first-order chi connectivity index (χ1) is 9.34. The lowest BCUT2D eigenvalue weighted by Crippen LogP contribution is -2.06. The highest BCUT2D eigenvalue weighted by Gasteiger charge is 2.34. The fraction of sp³-hybridized carbons (Fsp3) is 0.357. The number of thiazole rings is 1. The molecule has 0 fully saturated rings.